The number of methoxy groups -OCH3 is 1. The predicted octanol–water partition coefficient (Wildman–Crippen LogP) is 2.48. The van der Waals surface area contributed by atoms with Gasteiger partial charge in [-0.2, -0.15) is 0 Å². The van der Waals surface area contributed by atoms with Crippen LogP contribution in [-0.4, -0.2) is 18.9 Å². The summed E-state index contributed by atoms with van der Waals surface area (Å²) in [6.07, 6.45) is 0.205. The second kappa shape index (κ2) is 5.51. The van der Waals surface area contributed by atoms with Crippen LogP contribution in [0.2, 0.25) is 5.02 Å². The topological polar surface area (TPSA) is 43.4 Å². The SMILES string of the molecule is COC(=O)CCC(=O)c1ccccc1Cl. The van der Waals surface area contributed by atoms with Crippen molar-refractivity contribution in [2.45, 2.75) is 12.8 Å². The molecular weight excluding hydrogens is 216 g/mol. The summed E-state index contributed by atoms with van der Waals surface area (Å²) in [7, 11) is 1.29. The molecule has 0 aliphatic carbocycles. The zero-order chi connectivity index (χ0) is 11.3. The van der Waals surface area contributed by atoms with Crippen LogP contribution in [0.25, 0.3) is 0 Å². The lowest BCUT2D eigenvalue weighted by Gasteiger charge is -2.02. The second-order valence-electron chi connectivity index (χ2n) is 2.98. The van der Waals surface area contributed by atoms with Crippen LogP contribution in [0.4, 0.5) is 0 Å². The van der Waals surface area contributed by atoms with Gasteiger partial charge in [-0.25, -0.2) is 0 Å². The average molecular weight is 227 g/mol. The number of carbonyl (C=O) groups is 2. The Balaban J connectivity index is 2.62. The second-order valence-corrected chi connectivity index (χ2v) is 3.39. The van der Waals surface area contributed by atoms with Crippen LogP contribution in [0.5, 0.6) is 0 Å². The molecule has 15 heavy (non-hydrogen) atoms. The fraction of sp³-hybridized carbons (Fsp3) is 0.273. The minimum absolute atomic E-state index is 0.0839. The maximum Gasteiger partial charge on any atom is 0.305 e. The number of esters is 1. The maximum atomic E-state index is 11.6. The third-order valence-corrected chi connectivity index (χ3v) is 2.29. The molecule has 0 aliphatic rings. The number of halogens is 1. The van der Waals surface area contributed by atoms with Gasteiger partial charge in [0.15, 0.2) is 5.78 Å². The summed E-state index contributed by atoms with van der Waals surface area (Å²) in [5.41, 5.74) is 0.447. The lowest BCUT2D eigenvalue weighted by atomic mass is 10.1. The van der Waals surface area contributed by atoms with Crippen LogP contribution in [-0.2, 0) is 9.53 Å². The number of ketones is 1. The van der Waals surface area contributed by atoms with E-state index in [2.05, 4.69) is 4.74 Å². The molecule has 0 fully saturated rings. The van der Waals surface area contributed by atoms with E-state index in [1.807, 2.05) is 0 Å². The van der Waals surface area contributed by atoms with Gasteiger partial charge in [-0.15, -0.1) is 0 Å². The fourth-order valence-corrected chi connectivity index (χ4v) is 1.38. The van der Waals surface area contributed by atoms with E-state index in [-0.39, 0.29) is 18.6 Å². The number of carbonyl (C=O) groups excluding carboxylic acids is 2. The fourth-order valence-electron chi connectivity index (χ4n) is 1.14. The number of hydrogen-bond donors (Lipinski definition) is 0. The number of benzene rings is 1. The molecule has 0 saturated carbocycles. The van der Waals surface area contributed by atoms with Crippen LogP contribution in [0, 0.1) is 0 Å². The van der Waals surface area contributed by atoms with Crippen molar-refractivity contribution in [1.82, 2.24) is 0 Å². The monoisotopic (exact) mass is 226 g/mol. The van der Waals surface area contributed by atoms with E-state index >= 15 is 0 Å². The molecule has 0 aliphatic heterocycles. The highest BCUT2D eigenvalue weighted by Gasteiger charge is 2.11. The third kappa shape index (κ3) is 3.36. The molecule has 0 radical (unpaired) electrons. The summed E-state index contributed by atoms with van der Waals surface area (Å²) >= 11 is 5.83. The molecule has 1 aromatic carbocycles. The zero-order valence-electron chi connectivity index (χ0n) is 8.33. The Morgan fingerprint density at radius 2 is 1.93 bits per heavy atom. The van der Waals surface area contributed by atoms with E-state index in [0.717, 1.165) is 0 Å². The van der Waals surface area contributed by atoms with Gasteiger partial charge < -0.3 is 4.74 Å². The number of hydrogen-bond acceptors (Lipinski definition) is 3. The molecule has 0 saturated heterocycles. The molecule has 0 heterocycles. The molecular formula is C11H11ClO3. The van der Waals surface area contributed by atoms with Crippen molar-refractivity contribution in [3.05, 3.63) is 34.9 Å². The van der Waals surface area contributed by atoms with E-state index < -0.39 is 5.97 Å². The first-order chi connectivity index (χ1) is 7.15. The number of Topliss-reactive ketones (excluding diaryl/α,β-unsaturated/α-hetero) is 1. The van der Waals surface area contributed by atoms with Crippen molar-refractivity contribution in [1.29, 1.82) is 0 Å². The Morgan fingerprint density at radius 1 is 1.27 bits per heavy atom. The Kier molecular flexibility index (Phi) is 4.31. The Labute approximate surface area is 93.0 Å². The molecule has 3 nitrogen and oxygen atoms in total. The Hall–Kier alpha value is -1.35. The molecule has 0 bridgehead atoms. The van der Waals surface area contributed by atoms with Crippen LogP contribution in [0.1, 0.15) is 23.2 Å². The van der Waals surface area contributed by atoms with Gasteiger partial charge >= 0.3 is 5.97 Å². The van der Waals surface area contributed by atoms with Gasteiger partial charge in [0, 0.05) is 12.0 Å². The maximum absolute atomic E-state index is 11.6. The summed E-state index contributed by atoms with van der Waals surface area (Å²) < 4.78 is 4.44. The van der Waals surface area contributed by atoms with Gasteiger partial charge in [-0.3, -0.25) is 9.59 Å². The average Bonchev–Trinajstić information content (AvgIpc) is 2.26. The number of rotatable bonds is 4. The van der Waals surface area contributed by atoms with Crippen LogP contribution < -0.4 is 0 Å². The van der Waals surface area contributed by atoms with E-state index in [1.54, 1.807) is 24.3 Å². The largest absolute Gasteiger partial charge is 0.469 e. The summed E-state index contributed by atoms with van der Waals surface area (Å²) in [4.78, 5) is 22.4. The van der Waals surface area contributed by atoms with Crippen molar-refractivity contribution in [2.24, 2.45) is 0 Å². The van der Waals surface area contributed by atoms with Crippen LogP contribution in [0.15, 0.2) is 24.3 Å². The predicted molar refractivity (Wildman–Crippen MR) is 57.0 cm³/mol. The third-order valence-electron chi connectivity index (χ3n) is 1.96. The van der Waals surface area contributed by atoms with E-state index in [9.17, 15) is 9.59 Å². The van der Waals surface area contributed by atoms with Crippen molar-refractivity contribution < 1.29 is 14.3 Å². The highest BCUT2D eigenvalue weighted by molar-refractivity contribution is 6.33. The lowest BCUT2D eigenvalue weighted by Crippen LogP contribution is -2.06. The lowest BCUT2D eigenvalue weighted by molar-refractivity contribution is -0.140. The summed E-state index contributed by atoms with van der Waals surface area (Å²) in [5.74, 6) is -0.540. The molecule has 0 unspecified atom stereocenters. The number of ether oxygens (including phenoxy) is 1. The molecule has 0 aromatic heterocycles. The normalized spacial score (nSPS) is 9.73. The molecule has 4 heteroatoms. The summed E-state index contributed by atoms with van der Waals surface area (Å²) in [5, 5.41) is 0.410. The summed E-state index contributed by atoms with van der Waals surface area (Å²) in [6, 6.07) is 6.77. The first-order valence-corrected chi connectivity index (χ1v) is 4.87. The standard InChI is InChI=1S/C11H11ClO3/c1-15-11(14)7-6-10(13)8-4-2-3-5-9(8)12/h2-5H,6-7H2,1H3. The molecule has 1 aromatic rings. The van der Waals surface area contributed by atoms with Crippen molar-refractivity contribution in [2.75, 3.05) is 7.11 Å². The summed E-state index contributed by atoms with van der Waals surface area (Å²) in [6.45, 7) is 0. The zero-order valence-corrected chi connectivity index (χ0v) is 9.08. The van der Waals surface area contributed by atoms with Gasteiger partial charge in [0.25, 0.3) is 0 Å². The molecule has 0 atom stereocenters. The Morgan fingerprint density at radius 3 is 2.53 bits per heavy atom. The molecule has 0 amide bonds. The van der Waals surface area contributed by atoms with Gasteiger partial charge in [0.1, 0.15) is 0 Å². The van der Waals surface area contributed by atoms with Gasteiger partial charge in [-0.1, -0.05) is 23.7 Å². The van der Waals surface area contributed by atoms with Gasteiger partial charge in [0.05, 0.1) is 18.6 Å². The van der Waals surface area contributed by atoms with Crippen molar-refractivity contribution in [3.63, 3.8) is 0 Å². The first-order valence-electron chi connectivity index (χ1n) is 4.49. The molecule has 1 rings (SSSR count). The molecule has 80 valence electrons. The van der Waals surface area contributed by atoms with Crippen LogP contribution >= 0.6 is 11.6 Å². The molecule has 0 spiro atoms. The van der Waals surface area contributed by atoms with Gasteiger partial charge in [0.2, 0.25) is 0 Å². The first kappa shape index (κ1) is 11.7. The highest BCUT2D eigenvalue weighted by Crippen LogP contribution is 2.17. The highest BCUT2D eigenvalue weighted by atomic mass is 35.5. The van der Waals surface area contributed by atoms with Crippen LogP contribution in [0.3, 0.4) is 0 Å². The Bertz CT molecular complexity index is 374. The minimum Gasteiger partial charge on any atom is -0.469 e. The minimum atomic E-state index is -0.393. The van der Waals surface area contributed by atoms with E-state index in [0.29, 0.717) is 10.6 Å². The van der Waals surface area contributed by atoms with Gasteiger partial charge in [-0.05, 0) is 12.1 Å². The van der Waals surface area contributed by atoms with E-state index in [1.165, 1.54) is 7.11 Å². The smallest absolute Gasteiger partial charge is 0.305 e. The molecule has 0 N–H and O–H groups in total. The quantitative estimate of drug-likeness (QED) is 0.585. The van der Waals surface area contributed by atoms with E-state index in [4.69, 9.17) is 11.6 Å². The van der Waals surface area contributed by atoms with Crippen molar-refractivity contribution >= 4 is 23.4 Å². The van der Waals surface area contributed by atoms with Crippen molar-refractivity contribution in [3.8, 4) is 0 Å².